The molecular weight excluding hydrogens is 372 g/mol. The number of carbonyl (C=O) groups excluding carboxylic acids is 1. The van der Waals surface area contributed by atoms with Gasteiger partial charge in [-0.1, -0.05) is 0 Å². The first-order chi connectivity index (χ1) is 12.9. The number of carbonyl (C=O) groups is 1. The zero-order valence-corrected chi connectivity index (χ0v) is 15.2. The van der Waals surface area contributed by atoms with Crippen molar-refractivity contribution in [3.63, 3.8) is 0 Å². The highest BCUT2D eigenvalue weighted by Gasteiger charge is 2.20. The number of thiophene rings is 1. The second kappa shape index (κ2) is 6.55. The maximum absolute atomic E-state index is 13.4. The number of anilines is 1. The molecule has 0 saturated heterocycles. The van der Waals surface area contributed by atoms with E-state index in [1.54, 1.807) is 18.4 Å². The fraction of sp³-hybridized carbons (Fsp3) is 0.105. The number of nitrogens with one attached hydrogen (secondary N) is 1. The first-order valence-electron chi connectivity index (χ1n) is 8.02. The summed E-state index contributed by atoms with van der Waals surface area (Å²) >= 11 is 1.21. The van der Waals surface area contributed by atoms with Gasteiger partial charge in [-0.3, -0.25) is 4.79 Å². The molecule has 3 aromatic heterocycles. The topological polar surface area (TPSA) is 68.0 Å². The Morgan fingerprint density at radius 2 is 1.96 bits per heavy atom. The summed E-state index contributed by atoms with van der Waals surface area (Å²) < 4.78 is 31.8. The second-order valence-corrected chi connectivity index (χ2v) is 6.93. The number of nitrogens with zero attached hydrogens (tertiary/aromatic N) is 2. The number of furan rings is 1. The average Bonchev–Trinajstić information content (AvgIpc) is 3.26. The summed E-state index contributed by atoms with van der Waals surface area (Å²) in [6.07, 6.45) is 1.54. The first-order valence-corrected chi connectivity index (χ1v) is 8.83. The number of hydrogen-bond donors (Lipinski definition) is 1. The van der Waals surface area contributed by atoms with Crippen LogP contribution in [0.1, 0.15) is 20.9 Å². The molecule has 0 aliphatic heterocycles. The van der Waals surface area contributed by atoms with Crippen LogP contribution in [0.2, 0.25) is 0 Å². The van der Waals surface area contributed by atoms with Crippen LogP contribution in [0.3, 0.4) is 0 Å². The largest absolute Gasteiger partial charge is 0.461 e. The van der Waals surface area contributed by atoms with Crippen LogP contribution >= 0.6 is 11.3 Å². The molecule has 3 heterocycles. The van der Waals surface area contributed by atoms with Gasteiger partial charge < -0.3 is 9.73 Å². The predicted molar refractivity (Wildman–Crippen MR) is 98.9 cm³/mol. The summed E-state index contributed by atoms with van der Waals surface area (Å²) in [7, 11) is 0. The molecule has 4 aromatic rings. The molecule has 0 aliphatic carbocycles. The van der Waals surface area contributed by atoms with E-state index in [1.165, 1.54) is 17.4 Å². The molecule has 0 atom stereocenters. The third kappa shape index (κ3) is 3.08. The minimum absolute atomic E-state index is 0.176. The molecule has 0 spiro atoms. The third-order valence-electron chi connectivity index (χ3n) is 4.10. The molecule has 1 aromatic carbocycles. The van der Waals surface area contributed by atoms with Gasteiger partial charge in [0, 0.05) is 17.1 Å². The number of aromatic nitrogens is 2. The smallest absolute Gasteiger partial charge is 0.266 e. The van der Waals surface area contributed by atoms with Crippen LogP contribution in [0.25, 0.3) is 21.8 Å². The molecule has 27 heavy (non-hydrogen) atoms. The van der Waals surface area contributed by atoms with Gasteiger partial charge in [0.1, 0.15) is 4.83 Å². The van der Waals surface area contributed by atoms with Gasteiger partial charge in [0.2, 0.25) is 0 Å². The SMILES string of the molecule is Cc1nc(-c2ccco2)nc2sc(C(=O)Nc3ccc(F)c(F)c3)c(C)c12. The number of halogens is 2. The Morgan fingerprint density at radius 3 is 2.67 bits per heavy atom. The maximum atomic E-state index is 13.4. The van der Waals surface area contributed by atoms with E-state index in [-0.39, 0.29) is 5.69 Å². The molecule has 0 saturated carbocycles. The van der Waals surface area contributed by atoms with Crippen LogP contribution in [0.4, 0.5) is 14.5 Å². The van der Waals surface area contributed by atoms with Crippen LogP contribution < -0.4 is 5.32 Å². The lowest BCUT2D eigenvalue weighted by Gasteiger charge is -2.05. The van der Waals surface area contributed by atoms with Crippen LogP contribution in [0.5, 0.6) is 0 Å². The van der Waals surface area contributed by atoms with E-state index in [4.69, 9.17) is 4.42 Å². The Kier molecular flexibility index (Phi) is 4.19. The number of benzene rings is 1. The Balaban J connectivity index is 1.73. The van der Waals surface area contributed by atoms with Crippen molar-refractivity contribution < 1.29 is 18.0 Å². The van der Waals surface area contributed by atoms with Crippen molar-refractivity contribution in [2.45, 2.75) is 13.8 Å². The minimum Gasteiger partial charge on any atom is -0.461 e. The van der Waals surface area contributed by atoms with E-state index in [1.807, 2.05) is 13.8 Å². The summed E-state index contributed by atoms with van der Waals surface area (Å²) in [6, 6.07) is 6.72. The lowest BCUT2D eigenvalue weighted by molar-refractivity contribution is 0.103. The highest BCUT2D eigenvalue weighted by Crippen LogP contribution is 2.33. The van der Waals surface area contributed by atoms with Gasteiger partial charge in [-0.2, -0.15) is 0 Å². The van der Waals surface area contributed by atoms with Crippen molar-refractivity contribution in [3.05, 3.63) is 64.4 Å². The summed E-state index contributed by atoms with van der Waals surface area (Å²) in [5.74, 6) is -1.42. The van der Waals surface area contributed by atoms with E-state index in [9.17, 15) is 13.6 Å². The normalized spacial score (nSPS) is 11.1. The van der Waals surface area contributed by atoms with Crippen LogP contribution in [0.15, 0.2) is 41.0 Å². The predicted octanol–water partition coefficient (Wildman–Crippen LogP) is 5.10. The molecule has 1 N–H and O–H groups in total. The standard InChI is InChI=1S/C19H13F2N3O2S/c1-9-15-10(2)22-17(14-4-3-7-26-14)24-19(15)27-16(9)18(25)23-11-5-6-12(20)13(21)8-11/h3-8H,1-2H3,(H,23,25). The average molecular weight is 385 g/mol. The number of fused-ring (bicyclic) bond motifs is 1. The Morgan fingerprint density at radius 1 is 1.15 bits per heavy atom. The molecule has 0 fully saturated rings. The molecule has 0 radical (unpaired) electrons. The zero-order valence-electron chi connectivity index (χ0n) is 14.3. The fourth-order valence-electron chi connectivity index (χ4n) is 2.83. The van der Waals surface area contributed by atoms with Crippen LogP contribution in [-0.4, -0.2) is 15.9 Å². The quantitative estimate of drug-likeness (QED) is 0.533. The van der Waals surface area contributed by atoms with E-state index >= 15 is 0 Å². The van der Waals surface area contributed by atoms with Crippen molar-refractivity contribution in [1.82, 2.24) is 9.97 Å². The monoisotopic (exact) mass is 385 g/mol. The van der Waals surface area contributed by atoms with Gasteiger partial charge in [-0.05, 0) is 43.7 Å². The Bertz CT molecular complexity index is 1170. The Labute approximate surface area is 156 Å². The summed E-state index contributed by atoms with van der Waals surface area (Å²) in [5, 5.41) is 3.38. The third-order valence-corrected chi connectivity index (χ3v) is 5.28. The molecule has 0 unspecified atom stereocenters. The highest BCUT2D eigenvalue weighted by molar-refractivity contribution is 7.20. The molecular formula is C19H13F2N3O2S. The van der Waals surface area contributed by atoms with Crippen molar-refractivity contribution in [2.24, 2.45) is 0 Å². The van der Waals surface area contributed by atoms with E-state index in [0.29, 0.717) is 21.3 Å². The summed E-state index contributed by atoms with van der Waals surface area (Å²) in [6.45, 7) is 3.65. The fourth-order valence-corrected chi connectivity index (χ4v) is 3.96. The molecule has 0 aliphatic rings. The molecule has 136 valence electrons. The van der Waals surface area contributed by atoms with E-state index in [0.717, 1.165) is 28.8 Å². The Hall–Kier alpha value is -3.13. The van der Waals surface area contributed by atoms with Crippen molar-refractivity contribution in [3.8, 4) is 11.6 Å². The van der Waals surface area contributed by atoms with Crippen molar-refractivity contribution in [1.29, 1.82) is 0 Å². The van der Waals surface area contributed by atoms with Gasteiger partial charge in [0.25, 0.3) is 5.91 Å². The molecule has 4 rings (SSSR count). The van der Waals surface area contributed by atoms with Gasteiger partial charge in [0.15, 0.2) is 23.2 Å². The summed E-state index contributed by atoms with van der Waals surface area (Å²) in [5.41, 5.74) is 1.64. The van der Waals surface area contributed by atoms with Gasteiger partial charge in [-0.15, -0.1) is 11.3 Å². The molecule has 1 amide bonds. The van der Waals surface area contributed by atoms with E-state index in [2.05, 4.69) is 15.3 Å². The van der Waals surface area contributed by atoms with Crippen LogP contribution in [-0.2, 0) is 0 Å². The zero-order chi connectivity index (χ0) is 19.1. The van der Waals surface area contributed by atoms with Gasteiger partial charge in [0.05, 0.1) is 16.8 Å². The number of amides is 1. The van der Waals surface area contributed by atoms with Gasteiger partial charge in [-0.25, -0.2) is 18.7 Å². The number of rotatable bonds is 3. The van der Waals surface area contributed by atoms with E-state index < -0.39 is 17.5 Å². The molecule has 8 heteroatoms. The number of hydrogen-bond acceptors (Lipinski definition) is 5. The van der Waals surface area contributed by atoms with Crippen LogP contribution in [0, 0.1) is 25.5 Å². The van der Waals surface area contributed by atoms with Crippen molar-refractivity contribution >= 4 is 33.1 Å². The number of aryl methyl sites for hydroxylation is 2. The van der Waals surface area contributed by atoms with Crippen molar-refractivity contribution in [2.75, 3.05) is 5.32 Å². The summed E-state index contributed by atoms with van der Waals surface area (Å²) in [4.78, 5) is 22.7. The first kappa shape index (κ1) is 17.3. The second-order valence-electron chi connectivity index (χ2n) is 5.93. The maximum Gasteiger partial charge on any atom is 0.266 e. The molecule has 5 nitrogen and oxygen atoms in total. The highest BCUT2D eigenvalue weighted by atomic mass is 32.1. The lowest BCUT2D eigenvalue weighted by Crippen LogP contribution is -2.11. The lowest BCUT2D eigenvalue weighted by atomic mass is 10.1. The molecule has 0 bridgehead atoms. The van der Waals surface area contributed by atoms with Gasteiger partial charge >= 0.3 is 0 Å². The minimum atomic E-state index is -1.02.